The number of nitrogens with two attached hydrogens (primary N) is 1. The third kappa shape index (κ3) is 2.87. The van der Waals surface area contributed by atoms with Crippen molar-refractivity contribution in [3.63, 3.8) is 0 Å². The second kappa shape index (κ2) is 4.55. The van der Waals surface area contributed by atoms with Crippen molar-refractivity contribution >= 4 is 29.2 Å². The summed E-state index contributed by atoms with van der Waals surface area (Å²) in [4.78, 5) is 8.09. The van der Waals surface area contributed by atoms with Crippen molar-refractivity contribution in [2.45, 2.75) is 10.9 Å². The molecule has 2 N–H and O–H groups in total. The van der Waals surface area contributed by atoms with E-state index in [1.165, 1.54) is 17.8 Å². The Bertz CT molecular complexity index is 426. The predicted molar refractivity (Wildman–Crippen MR) is 59.7 cm³/mol. The number of nitrogens with zero attached hydrogens (tertiary/aromatic N) is 2. The van der Waals surface area contributed by atoms with Crippen LogP contribution < -0.4 is 5.73 Å². The van der Waals surface area contributed by atoms with Crippen LogP contribution in [-0.4, -0.2) is 9.97 Å². The smallest absolute Gasteiger partial charge is 0.191 e. The lowest BCUT2D eigenvalue weighted by molar-refractivity contribution is 0.565. The van der Waals surface area contributed by atoms with E-state index in [2.05, 4.69) is 9.97 Å². The molecule has 0 aromatic carbocycles. The average molecular weight is 242 g/mol. The molecule has 2 aromatic heterocycles. The van der Waals surface area contributed by atoms with E-state index in [0.29, 0.717) is 16.1 Å². The molecule has 0 aliphatic heterocycles. The minimum Gasteiger partial charge on any atom is -0.472 e. The number of aromatic nitrogens is 2. The number of nitrogen functional groups attached to an aromatic ring is 1. The first-order chi connectivity index (χ1) is 7.24. The first-order valence-electron chi connectivity index (χ1n) is 4.18. The summed E-state index contributed by atoms with van der Waals surface area (Å²) >= 11 is 7.21. The van der Waals surface area contributed by atoms with E-state index in [9.17, 15) is 0 Å². The summed E-state index contributed by atoms with van der Waals surface area (Å²) < 4.78 is 4.95. The van der Waals surface area contributed by atoms with Crippen molar-refractivity contribution in [2.75, 3.05) is 5.73 Å². The Labute approximate surface area is 95.9 Å². The first-order valence-corrected chi connectivity index (χ1v) is 5.54. The topological polar surface area (TPSA) is 64.9 Å². The van der Waals surface area contributed by atoms with Gasteiger partial charge in [-0.05, 0) is 6.07 Å². The van der Waals surface area contributed by atoms with Crippen LogP contribution in [0.4, 0.5) is 5.82 Å². The van der Waals surface area contributed by atoms with Gasteiger partial charge in [-0.2, -0.15) is 0 Å². The third-order valence-corrected chi connectivity index (χ3v) is 2.75. The normalized spacial score (nSPS) is 10.5. The minimum absolute atomic E-state index is 0.359. The average Bonchev–Trinajstić information content (AvgIpc) is 2.65. The maximum absolute atomic E-state index is 5.75. The van der Waals surface area contributed by atoms with Gasteiger partial charge in [-0.15, -0.1) is 0 Å². The molecule has 2 rings (SSSR count). The molecule has 4 nitrogen and oxygen atoms in total. The summed E-state index contributed by atoms with van der Waals surface area (Å²) in [5.74, 6) is 1.11. The van der Waals surface area contributed by atoms with Crippen LogP contribution in [-0.2, 0) is 5.75 Å². The molecule has 0 radical (unpaired) electrons. The Hall–Kier alpha value is -1.20. The van der Waals surface area contributed by atoms with Crippen LogP contribution in [0.25, 0.3) is 0 Å². The van der Waals surface area contributed by atoms with Crippen molar-refractivity contribution in [3.8, 4) is 0 Å². The molecule has 6 heteroatoms. The molecule has 0 atom stereocenters. The number of anilines is 1. The van der Waals surface area contributed by atoms with Crippen molar-refractivity contribution < 1.29 is 4.42 Å². The molecule has 0 saturated carbocycles. The van der Waals surface area contributed by atoms with Crippen molar-refractivity contribution in [1.82, 2.24) is 9.97 Å². The highest BCUT2D eigenvalue weighted by atomic mass is 35.5. The van der Waals surface area contributed by atoms with E-state index in [1.807, 2.05) is 6.07 Å². The second-order valence-corrected chi connectivity index (χ2v) is 4.15. The highest BCUT2D eigenvalue weighted by Gasteiger charge is 2.03. The second-order valence-electron chi connectivity index (χ2n) is 2.82. The van der Waals surface area contributed by atoms with Gasteiger partial charge in [0.1, 0.15) is 11.0 Å². The van der Waals surface area contributed by atoms with Crippen LogP contribution in [0.1, 0.15) is 5.56 Å². The Morgan fingerprint density at radius 3 is 3.00 bits per heavy atom. The van der Waals surface area contributed by atoms with Gasteiger partial charge in [0.05, 0.1) is 12.5 Å². The standard InChI is InChI=1S/C9H8ClN3OS/c10-7-3-8(11)13-9(12-7)15-5-6-1-2-14-4-6/h1-4H,5H2,(H2,11,12,13). The lowest BCUT2D eigenvalue weighted by Crippen LogP contribution is -1.94. The highest BCUT2D eigenvalue weighted by molar-refractivity contribution is 7.98. The van der Waals surface area contributed by atoms with E-state index in [0.717, 1.165) is 11.3 Å². The van der Waals surface area contributed by atoms with Crippen molar-refractivity contribution in [1.29, 1.82) is 0 Å². The Balaban J connectivity index is 2.05. The quantitative estimate of drug-likeness (QED) is 0.508. The van der Waals surface area contributed by atoms with E-state index >= 15 is 0 Å². The lowest BCUT2D eigenvalue weighted by atomic mass is 10.4. The van der Waals surface area contributed by atoms with E-state index in [-0.39, 0.29) is 0 Å². The van der Waals surface area contributed by atoms with Crippen molar-refractivity contribution in [2.24, 2.45) is 0 Å². The SMILES string of the molecule is Nc1cc(Cl)nc(SCc2ccoc2)n1. The Morgan fingerprint density at radius 1 is 1.47 bits per heavy atom. The number of thioether (sulfide) groups is 1. The van der Waals surface area contributed by atoms with Gasteiger partial charge in [0.25, 0.3) is 0 Å². The zero-order valence-corrected chi connectivity index (χ0v) is 9.26. The van der Waals surface area contributed by atoms with Gasteiger partial charge in [0, 0.05) is 17.4 Å². The van der Waals surface area contributed by atoms with Crippen LogP contribution in [0.5, 0.6) is 0 Å². The van der Waals surface area contributed by atoms with Crippen LogP contribution in [0.3, 0.4) is 0 Å². The van der Waals surface area contributed by atoms with Crippen LogP contribution in [0, 0.1) is 0 Å². The molecule has 0 bridgehead atoms. The number of hydrogen-bond donors (Lipinski definition) is 1. The maximum Gasteiger partial charge on any atom is 0.191 e. The summed E-state index contributed by atoms with van der Waals surface area (Å²) in [6.07, 6.45) is 3.31. The summed E-state index contributed by atoms with van der Waals surface area (Å²) in [6.45, 7) is 0. The Morgan fingerprint density at radius 2 is 2.33 bits per heavy atom. The Kier molecular flexibility index (Phi) is 3.13. The van der Waals surface area contributed by atoms with Gasteiger partial charge in [-0.3, -0.25) is 0 Å². The van der Waals surface area contributed by atoms with E-state index in [1.54, 1.807) is 12.5 Å². The van der Waals surface area contributed by atoms with Crippen molar-refractivity contribution in [3.05, 3.63) is 35.4 Å². The summed E-state index contributed by atoms with van der Waals surface area (Å²) in [5.41, 5.74) is 6.61. The minimum atomic E-state index is 0.359. The summed E-state index contributed by atoms with van der Waals surface area (Å²) in [5, 5.41) is 0.929. The highest BCUT2D eigenvalue weighted by Crippen LogP contribution is 2.21. The molecule has 0 spiro atoms. The molecule has 0 fully saturated rings. The number of rotatable bonds is 3. The molecule has 2 heterocycles. The molecule has 0 amide bonds. The van der Waals surface area contributed by atoms with Gasteiger partial charge >= 0.3 is 0 Å². The summed E-state index contributed by atoms with van der Waals surface area (Å²) in [6, 6.07) is 3.41. The van der Waals surface area contributed by atoms with Gasteiger partial charge < -0.3 is 10.2 Å². The zero-order valence-electron chi connectivity index (χ0n) is 7.68. The molecule has 0 unspecified atom stereocenters. The van der Waals surface area contributed by atoms with Crippen LogP contribution >= 0.6 is 23.4 Å². The number of halogens is 1. The van der Waals surface area contributed by atoms with E-state index < -0.39 is 0 Å². The number of hydrogen-bond acceptors (Lipinski definition) is 5. The zero-order chi connectivity index (χ0) is 10.7. The van der Waals surface area contributed by atoms with Crippen LogP contribution in [0.15, 0.2) is 34.2 Å². The fourth-order valence-electron chi connectivity index (χ4n) is 1.00. The molecule has 15 heavy (non-hydrogen) atoms. The molecule has 0 saturated heterocycles. The van der Waals surface area contributed by atoms with Gasteiger partial charge in [-0.25, -0.2) is 9.97 Å². The molecule has 78 valence electrons. The molecule has 2 aromatic rings. The molecular weight excluding hydrogens is 234 g/mol. The molecule has 0 aliphatic rings. The van der Waals surface area contributed by atoms with Gasteiger partial charge in [0.2, 0.25) is 0 Å². The van der Waals surface area contributed by atoms with E-state index in [4.69, 9.17) is 21.8 Å². The molecule has 0 aliphatic carbocycles. The predicted octanol–water partition coefficient (Wildman–Crippen LogP) is 2.60. The lowest BCUT2D eigenvalue weighted by Gasteiger charge is -2.00. The van der Waals surface area contributed by atoms with Gasteiger partial charge in [0.15, 0.2) is 5.16 Å². The van der Waals surface area contributed by atoms with Gasteiger partial charge in [-0.1, -0.05) is 23.4 Å². The summed E-state index contributed by atoms with van der Waals surface area (Å²) in [7, 11) is 0. The monoisotopic (exact) mass is 241 g/mol. The first kappa shape index (κ1) is 10.3. The largest absolute Gasteiger partial charge is 0.472 e. The third-order valence-electron chi connectivity index (χ3n) is 1.64. The molecular formula is C9H8ClN3OS. The fourth-order valence-corrected chi connectivity index (χ4v) is 2.04. The van der Waals surface area contributed by atoms with Crippen LogP contribution in [0.2, 0.25) is 5.15 Å². The number of furan rings is 1. The fraction of sp³-hybridized carbons (Fsp3) is 0.111. The maximum atomic E-state index is 5.75.